The Hall–Kier alpha value is -2.41. The second-order valence-electron chi connectivity index (χ2n) is 5.70. The van der Waals surface area contributed by atoms with Gasteiger partial charge in [0.1, 0.15) is 5.75 Å². The summed E-state index contributed by atoms with van der Waals surface area (Å²) in [6.45, 7) is 0.952. The molecular weight excluding hydrogens is 310 g/mol. The topological polar surface area (TPSA) is 86.5 Å². The van der Waals surface area contributed by atoms with Crippen molar-refractivity contribution in [3.8, 4) is 17.2 Å². The molecule has 1 saturated heterocycles. The van der Waals surface area contributed by atoms with Crippen molar-refractivity contribution in [1.82, 2.24) is 15.5 Å². The van der Waals surface area contributed by atoms with Gasteiger partial charge in [-0.15, -0.1) is 10.2 Å². The van der Waals surface area contributed by atoms with Gasteiger partial charge in [-0.2, -0.15) is 0 Å². The molecular formula is C17H21N3O4. The molecule has 1 aromatic heterocycles. The van der Waals surface area contributed by atoms with Crippen LogP contribution in [0.25, 0.3) is 11.5 Å². The predicted molar refractivity (Wildman–Crippen MR) is 86.3 cm³/mol. The van der Waals surface area contributed by atoms with Crippen molar-refractivity contribution in [2.24, 2.45) is 0 Å². The van der Waals surface area contributed by atoms with E-state index in [2.05, 4.69) is 15.5 Å². The Labute approximate surface area is 140 Å². The second kappa shape index (κ2) is 7.92. The highest BCUT2D eigenvalue weighted by Crippen LogP contribution is 2.22. The molecule has 2 aromatic rings. The van der Waals surface area contributed by atoms with Crippen LogP contribution >= 0.6 is 0 Å². The number of amides is 1. The van der Waals surface area contributed by atoms with E-state index in [-0.39, 0.29) is 18.6 Å². The SMILES string of the molecule is COc1cccc(-c2nnc(CNC(=O)CC3CCCCO3)o2)c1. The summed E-state index contributed by atoms with van der Waals surface area (Å²) >= 11 is 0. The van der Waals surface area contributed by atoms with E-state index in [1.54, 1.807) is 7.11 Å². The summed E-state index contributed by atoms with van der Waals surface area (Å²) in [6, 6.07) is 7.37. The van der Waals surface area contributed by atoms with Crippen LogP contribution in [-0.4, -0.2) is 35.9 Å². The van der Waals surface area contributed by atoms with Gasteiger partial charge in [-0.3, -0.25) is 4.79 Å². The summed E-state index contributed by atoms with van der Waals surface area (Å²) in [5.41, 5.74) is 0.773. The average Bonchev–Trinajstić information content (AvgIpc) is 3.10. The summed E-state index contributed by atoms with van der Waals surface area (Å²) in [7, 11) is 1.60. The van der Waals surface area contributed by atoms with Crippen molar-refractivity contribution < 1.29 is 18.7 Å². The Kier molecular flexibility index (Phi) is 5.43. The molecule has 7 heteroatoms. The second-order valence-corrected chi connectivity index (χ2v) is 5.70. The van der Waals surface area contributed by atoms with Crippen LogP contribution in [0, 0.1) is 0 Å². The highest BCUT2D eigenvalue weighted by Gasteiger charge is 2.18. The molecule has 0 bridgehead atoms. The molecule has 24 heavy (non-hydrogen) atoms. The highest BCUT2D eigenvalue weighted by molar-refractivity contribution is 5.76. The van der Waals surface area contributed by atoms with Gasteiger partial charge in [0.25, 0.3) is 0 Å². The Morgan fingerprint density at radius 3 is 3.08 bits per heavy atom. The fourth-order valence-corrected chi connectivity index (χ4v) is 2.62. The zero-order chi connectivity index (χ0) is 16.8. The number of hydrogen-bond donors (Lipinski definition) is 1. The number of rotatable bonds is 6. The van der Waals surface area contributed by atoms with Crippen LogP contribution in [0.15, 0.2) is 28.7 Å². The van der Waals surface area contributed by atoms with Crippen LogP contribution in [0.2, 0.25) is 0 Å². The first kappa shape index (κ1) is 16.4. The fraction of sp³-hybridized carbons (Fsp3) is 0.471. The third-order valence-corrected chi connectivity index (χ3v) is 3.91. The van der Waals surface area contributed by atoms with Crippen LogP contribution in [0.5, 0.6) is 5.75 Å². The Morgan fingerprint density at radius 1 is 1.38 bits per heavy atom. The lowest BCUT2D eigenvalue weighted by atomic mass is 10.1. The van der Waals surface area contributed by atoms with Crippen molar-refractivity contribution in [3.05, 3.63) is 30.2 Å². The van der Waals surface area contributed by atoms with Crippen molar-refractivity contribution in [3.63, 3.8) is 0 Å². The van der Waals surface area contributed by atoms with Crippen molar-refractivity contribution >= 4 is 5.91 Å². The van der Waals surface area contributed by atoms with Gasteiger partial charge in [-0.05, 0) is 37.5 Å². The van der Waals surface area contributed by atoms with Crippen molar-refractivity contribution in [1.29, 1.82) is 0 Å². The van der Waals surface area contributed by atoms with Crippen LogP contribution in [0.1, 0.15) is 31.6 Å². The monoisotopic (exact) mass is 331 g/mol. The van der Waals surface area contributed by atoms with Gasteiger partial charge in [0, 0.05) is 12.2 Å². The predicted octanol–water partition coefficient (Wildman–Crippen LogP) is 2.32. The number of methoxy groups -OCH3 is 1. The molecule has 0 spiro atoms. The van der Waals surface area contributed by atoms with E-state index in [1.165, 1.54) is 0 Å². The third-order valence-electron chi connectivity index (χ3n) is 3.91. The lowest BCUT2D eigenvalue weighted by molar-refractivity contribution is -0.125. The number of aromatic nitrogens is 2. The minimum Gasteiger partial charge on any atom is -0.497 e. The standard InChI is InChI=1S/C17H21N3O4/c1-22-13-7-4-5-12(9-13)17-20-19-16(24-17)11-18-15(21)10-14-6-2-3-8-23-14/h4-5,7,9,14H,2-3,6,8,10-11H2,1H3,(H,18,21). The van der Waals surface area contributed by atoms with Crippen molar-refractivity contribution in [2.45, 2.75) is 38.3 Å². The van der Waals surface area contributed by atoms with E-state index in [0.29, 0.717) is 24.0 Å². The number of nitrogens with zero attached hydrogens (tertiary/aromatic N) is 2. The zero-order valence-electron chi connectivity index (χ0n) is 13.7. The molecule has 1 atom stereocenters. The molecule has 1 aromatic carbocycles. The minimum absolute atomic E-state index is 0.0220. The summed E-state index contributed by atoms with van der Waals surface area (Å²) in [5, 5.41) is 10.8. The van der Waals surface area contributed by atoms with E-state index in [4.69, 9.17) is 13.9 Å². The van der Waals surface area contributed by atoms with E-state index in [1.807, 2.05) is 24.3 Å². The fourth-order valence-electron chi connectivity index (χ4n) is 2.62. The molecule has 1 unspecified atom stereocenters. The Morgan fingerprint density at radius 2 is 2.29 bits per heavy atom. The average molecular weight is 331 g/mol. The van der Waals surface area contributed by atoms with Gasteiger partial charge in [-0.25, -0.2) is 0 Å². The number of benzene rings is 1. The highest BCUT2D eigenvalue weighted by atomic mass is 16.5. The lowest BCUT2D eigenvalue weighted by Crippen LogP contribution is -2.30. The molecule has 3 rings (SSSR count). The smallest absolute Gasteiger partial charge is 0.247 e. The van der Waals surface area contributed by atoms with E-state index >= 15 is 0 Å². The van der Waals surface area contributed by atoms with Gasteiger partial charge in [0.2, 0.25) is 17.7 Å². The number of nitrogens with one attached hydrogen (secondary N) is 1. The van der Waals surface area contributed by atoms with E-state index < -0.39 is 0 Å². The van der Waals surface area contributed by atoms with Crippen LogP contribution in [0.3, 0.4) is 0 Å². The molecule has 0 aliphatic carbocycles. The summed E-state index contributed by atoms with van der Waals surface area (Å²) < 4.78 is 16.3. The molecule has 1 fully saturated rings. The van der Waals surface area contributed by atoms with Gasteiger partial charge in [0.05, 0.1) is 26.2 Å². The minimum atomic E-state index is -0.0666. The maximum Gasteiger partial charge on any atom is 0.247 e. The molecule has 1 aliphatic rings. The molecule has 7 nitrogen and oxygen atoms in total. The number of ether oxygens (including phenoxy) is 2. The molecule has 128 valence electrons. The molecule has 0 saturated carbocycles. The lowest BCUT2D eigenvalue weighted by Gasteiger charge is -2.21. The quantitative estimate of drug-likeness (QED) is 0.874. The maximum absolute atomic E-state index is 11.9. The first-order chi connectivity index (χ1) is 11.7. The maximum atomic E-state index is 11.9. The van der Waals surface area contributed by atoms with Crippen LogP contribution < -0.4 is 10.1 Å². The van der Waals surface area contributed by atoms with Gasteiger partial charge >= 0.3 is 0 Å². The van der Waals surface area contributed by atoms with Gasteiger partial charge in [0.15, 0.2) is 0 Å². The summed E-state index contributed by atoms with van der Waals surface area (Å²) in [5.74, 6) is 1.41. The van der Waals surface area contributed by atoms with E-state index in [0.717, 1.165) is 31.4 Å². The van der Waals surface area contributed by atoms with Crippen LogP contribution in [-0.2, 0) is 16.1 Å². The number of carbonyl (C=O) groups is 1. The third kappa shape index (κ3) is 4.32. The summed E-state index contributed by atoms with van der Waals surface area (Å²) in [4.78, 5) is 11.9. The molecule has 1 aliphatic heterocycles. The Balaban J connectivity index is 1.53. The first-order valence-corrected chi connectivity index (χ1v) is 8.09. The molecule has 1 amide bonds. The van der Waals surface area contributed by atoms with Crippen LogP contribution in [0.4, 0.5) is 0 Å². The van der Waals surface area contributed by atoms with Crippen molar-refractivity contribution in [2.75, 3.05) is 13.7 Å². The Bertz CT molecular complexity index is 680. The largest absolute Gasteiger partial charge is 0.497 e. The van der Waals surface area contributed by atoms with Gasteiger partial charge < -0.3 is 19.2 Å². The normalized spacial score (nSPS) is 17.5. The first-order valence-electron chi connectivity index (χ1n) is 8.09. The number of hydrogen-bond acceptors (Lipinski definition) is 6. The van der Waals surface area contributed by atoms with E-state index in [9.17, 15) is 4.79 Å². The molecule has 1 N–H and O–H groups in total. The number of carbonyl (C=O) groups excluding carboxylic acids is 1. The summed E-state index contributed by atoms with van der Waals surface area (Å²) in [6.07, 6.45) is 3.53. The molecule has 2 heterocycles. The zero-order valence-corrected chi connectivity index (χ0v) is 13.7. The molecule has 0 radical (unpaired) electrons. The van der Waals surface area contributed by atoms with Gasteiger partial charge in [-0.1, -0.05) is 6.07 Å².